The molecule has 3 N–H and O–H groups in total. The smallest absolute Gasteiger partial charge is 0.141 e. The molecule has 9 rings (SSSR count). The second-order valence-electron chi connectivity index (χ2n) is 11.5. The lowest BCUT2D eigenvalue weighted by molar-refractivity contribution is 1.26. The van der Waals surface area contributed by atoms with E-state index in [2.05, 4.69) is 141 Å². The van der Waals surface area contributed by atoms with Gasteiger partial charge in [0.2, 0.25) is 0 Å². The maximum absolute atomic E-state index is 5.32. The van der Waals surface area contributed by atoms with Crippen molar-refractivity contribution in [2.45, 2.75) is 0 Å². The number of aromatic nitrogens is 6. The molecule has 6 heterocycles. The van der Waals surface area contributed by atoms with Gasteiger partial charge in [-0.2, -0.15) is 0 Å². The second-order valence-corrected chi connectivity index (χ2v) is 11.5. The van der Waals surface area contributed by atoms with Gasteiger partial charge in [-0.25, -0.2) is 15.0 Å². The number of nitrogens with zero attached hydrogens (tertiary/aromatic N) is 3. The maximum Gasteiger partial charge on any atom is 0.141 e. The summed E-state index contributed by atoms with van der Waals surface area (Å²) < 4.78 is 0. The van der Waals surface area contributed by atoms with E-state index in [1.165, 1.54) is 0 Å². The van der Waals surface area contributed by atoms with Crippen molar-refractivity contribution in [3.63, 3.8) is 0 Å². The van der Waals surface area contributed by atoms with Crippen LogP contribution < -0.4 is 0 Å². The number of aromatic amines is 3. The Kier molecular flexibility index (Phi) is 6.35. The minimum absolute atomic E-state index is 0.740. The lowest BCUT2D eigenvalue weighted by Crippen LogP contribution is -1.90. The lowest BCUT2D eigenvalue weighted by atomic mass is 10.0. The Morgan fingerprint density at radius 2 is 0.745 bits per heavy atom. The number of nitrogens with one attached hydrogen (secondary N) is 3. The van der Waals surface area contributed by atoms with Crippen molar-refractivity contribution >= 4 is 46.4 Å². The average Bonchev–Trinajstić information content (AvgIpc) is 3.97. The summed E-state index contributed by atoms with van der Waals surface area (Å²) in [5.74, 6) is 0.740. The minimum atomic E-state index is 0.740. The summed E-state index contributed by atoms with van der Waals surface area (Å²) in [4.78, 5) is 26.1. The van der Waals surface area contributed by atoms with Gasteiger partial charge in [0.05, 0.1) is 33.9 Å². The van der Waals surface area contributed by atoms with Crippen molar-refractivity contribution in [2.75, 3.05) is 0 Å². The number of rotatable bonds is 4. The largest absolute Gasteiger partial charge is 0.354 e. The third-order valence-electron chi connectivity index (χ3n) is 8.68. The first-order valence-corrected chi connectivity index (χ1v) is 15.6. The molecule has 0 saturated heterocycles. The van der Waals surface area contributed by atoms with Crippen molar-refractivity contribution < 1.29 is 0 Å². The number of benzene rings is 3. The Hall–Kier alpha value is -6.53. The van der Waals surface area contributed by atoms with Gasteiger partial charge in [-0.15, -0.1) is 0 Å². The Labute approximate surface area is 270 Å². The van der Waals surface area contributed by atoms with Crippen LogP contribution in [0.2, 0.25) is 0 Å². The molecule has 3 aromatic carbocycles. The zero-order valence-electron chi connectivity index (χ0n) is 25.3. The molecule has 0 saturated carbocycles. The fourth-order valence-electron chi connectivity index (χ4n) is 6.58. The molecule has 0 spiro atoms. The molecule has 0 unspecified atom stereocenters. The standard InChI is InChI=1S/C41H28N6/c1-4-10-26(11-5-1)37-29-16-18-31(44-29)38(27-12-6-2-7-13-27)33-20-22-35(46-33)40(41-42-24-25-43-41)36-23-21-34(47-36)39(28-14-8-3-9-15-28)32-19-17-30(37)45-32/h1-25,44,47H,(H,42,43). The van der Waals surface area contributed by atoms with Gasteiger partial charge in [0, 0.05) is 45.6 Å². The summed E-state index contributed by atoms with van der Waals surface area (Å²) in [6, 6.07) is 39.8. The van der Waals surface area contributed by atoms with Gasteiger partial charge in [0.25, 0.3) is 0 Å². The lowest BCUT2D eigenvalue weighted by Gasteiger charge is -2.06. The van der Waals surface area contributed by atoms with E-state index in [4.69, 9.17) is 9.97 Å². The number of fused-ring (bicyclic) bond motifs is 8. The molecular weight excluding hydrogens is 576 g/mol. The molecule has 0 aliphatic carbocycles. The molecule has 4 aromatic heterocycles. The van der Waals surface area contributed by atoms with Gasteiger partial charge < -0.3 is 15.0 Å². The zero-order chi connectivity index (χ0) is 31.2. The van der Waals surface area contributed by atoms with Crippen molar-refractivity contribution in [3.05, 3.63) is 150 Å². The molecule has 222 valence electrons. The van der Waals surface area contributed by atoms with Gasteiger partial charge >= 0.3 is 0 Å². The van der Waals surface area contributed by atoms with Gasteiger partial charge in [-0.1, -0.05) is 91.0 Å². The van der Waals surface area contributed by atoms with Crippen molar-refractivity contribution in [1.29, 1.82) is 0 Å². The predicted octanol–water partition coefficient (Wildman–Crippen LogP) is 10.0. The molecule has 0 atom stereocenters. The fraction of sp³-hybridized carbons (Fsp3) is 0. The zero-order valence-corrected chi connectivity index (χ0v) is 25.3. The van der Waals surface area contributed by atoms with Crippen LogP contribution in [-0.2, 0) is 0 Å². The molecule has 47 heavy (non-hydrogen) atoms. The summed E-state index contributed by atoms with van der Waals surface area (Å²) in [5, 5.41) is 0. The van der Waals surface area contributed by atoms with Crippen LogP contribution in [0.5, 0.6) is 0 Å². The summed E-state index contributed by atoms with van der Waals surface area (Å²) in [6.45, 7) is 0. The summed E-state index contributed by atoms with van der Waals surface area (Å²) in [7, 11) is 0. The molecule has 7 aromatic rings. The summed E-state index contributed by atoms with van der Waals surface area (Å²) in [6.07, 6.45) is 12.0. The molecule has 2 aliphatic heterocycles. The van der Waals surface area contributed by atoms with Crippen LogP contribution in [0.3, 0.4) is 0 Å². The molecule has 6 heteroatoms. The van der Waals surface area contributed by atoms with Crippen LogP contribution in [-0.4, -0.2) is 29.9 Å². The van der Waals surface area contributed by atoms with E-state index in [-0.39, 0.29) is 0 Å². The number of hydrogen-bond acceptors (Lipinski definition) is 3. The fourth-order valence-corrected chi connectivity index (χ4v) is 6.58. The van der Waals surface area contributed by atoms with Crippen molar-refractivity contribution in [3.8, 4) is 44.8 Å². The number of H-pyrrole nitrogens is 3. The van der Waals surface area contributed by atoms with E-state index in [9.17, 15) is 0 Å². The topological polar surface area (TPSA) is 86.0 Å². The molecule has 6 nitrogen and oxygen atoms in total. The van der Waals surface area contributed by atoms with Crippen molar-refractivity contribution in [2.24, 2.45) is 0 Å². The van der Waals surface area contributed by atoms with Crippen LogP contribution in [0.15, 0.2) is 128 Å². The molecule has 2 aliphatic rings. The highest BCUT2D eigenvalue weighted by molar-refractivity contribution is 5.99. The Balaban J connectivity index is 1.49. The maximum atomic E-state index is 5.32. The van der Waals surface area contributed by atoms with E-state index in [1.807, 2.05) is 24.4 Å². The van der Waals surface area contributed by atoms with Crippen molar-refractivity contribution in [1.82, 2.24) is 29.9 Å². The monoisotopic (exact) mass is 604 g/mol. The summed E-state index contributed by atoms with van der Waals surface area (Å²) >= 11 is 0. The molecule has 0 radical (unpaired) electrons. The van der Waals surface area contributed by atoms with Gasteiger partial charge in [-0.3, -0.25) is 0 Å². The number of imidazole rings is 1. The third kappa shape index (κ3) is 4.71. The van der Waals surface area contributed by atoms with E-state index in [0.29, 0.717) is 0 Å². The van der Waals surface area contributed by atoms with Crippen LogP contribution in [0.25, 0.3) is 91.1 Å². The third-order valence-corrected chi connectivity index (χ3v) is 8.68. The highest BCUT2D eigenvalue weighted by atomic mass is 14.9. The predicted molar refractivity (Wildman–Crippen MR) is 193 cm³/mol. The minimum Gasteiger partial charge on any atom is -0.354 e. The van der Waals surface area contributed by atoms with E-state index >= 15 is 0 Å². The first-order valence-electron chi connectivity index (χ1n) is 15.6. The highest BCUT2D eigenvalue weighted by Gasteiger charge is 2.19. The highest BCUT2D eigenvalue weighted by Crippen LogP contribution is 2.37. The Morgan fingerprint density at radius 3 is 1.11 bits per heavy atom. The average molecular weight is 605 g/mol. The second kappa shape index (κ2) is 11.1. The molecular formula is C41H28N6. The van der Waals surface area contributed by atoms with E-state index in [1.54, 1.807) is 6.20 Å². The molecule has 0 fully saturated rings. The quantitative estimate of drug-likeness (QED) is 0.187. The van der Waals surface area contributed by atoms with Crippen LogP contribution in [0, 0.1) is 0 Å². The van der Waals surface area contributed by atoms with E-state index in [0.717, 1.165) is 89.6 Å². The molecule has 0 amide bonds. The van der Waals surface area contributed by atoms with Gasteiger partial charge in [0.1, 0.15) is 5.82 Å². The van der Waals surface area contributed by atoms with Crippen LogP contribution in [0.1, 0.15) is 22.8 Å². The Bertz CT molecular complexity index is 2450. The first-order chi connectivity index (χ1) is 23.3. The summed E-state index contributed by atoms with van der Waals surface area (Å²) in [5.41, 5.74) is 14.5. The van der Waals surface area contributed by atoms with Gasteiger partial charge in [0.15, 0.2) is 0 Å². The van der Waals surface area contributed by atoms with Gasteiger partial charge in [-0.05, 0) is 65.3 Å². The Morgan fingerprint density at radius 1 is 0.383 bits per heavy atom. The normalized spacial score (nSPS) is 12.1. The molecule has 8 bridgehead atoms. The van der Waals surface area contributed by atoms with Crippen LogP contribution in [0.4, 0.5) is 0 Å². The van der Waals surface area contributed by atoms with E-state index < -0.39 is 0 Å². The van der Waals surface area contributed by atoms with Crippen LogP contribution >= 0.6 is 0 Å². The SMILES string of the molecule is C1=Cc2nc1c(-c1ccccc1)c1ccc([nH]1)c(-c1ccccc1)c1nc(c(-c3ncc[nH]3)c3ccc([nH]3)c2-c2ccccc2)C=C1. The number of hydrogen-bond donors (Lipinski definition) is 3. The first kappa shape index (κ1) is 26.8.